The molecule has 1 aromatic carbocycles. The molecular weight excluding hydrogens is 460 g/mol. The fraction of sp³-hybridized carbons (Fsp3) is 0.538. The number of carbonyl (C=O) groups is 1. The van der Waals surface area contributed by atoms with Gasteiger partial charge in [-0.25, -0.2) is 9.97 Å². The van der Waals surface area contributed by atoms with Crippen LogP contribution in [0, 0.1) is 0 Å². The van der Waals surface area contributed by atoms with Crippen molar-refractivity contribution in [2.24, 2.45) is 0 Å². The second-order valence-electron chi connectivity index (χ2n) is 9.99. The van der Waals surface area contributed by atoms with Crippen LogP contribution >= 0.6 is 12.2 Å². The summed E-state index contributed by atoms with van der Waals surface area (Å²) in [5.41, 5.74) is 2.77. The molecule has 1 saturated heterocycles. The Kier molecular flexibility index (Phi) is 7.98. The third-order valence-electron chi connectivity index (χ3n) is 7.24. The summed E-state index contributed by atoms with van der Waals surface area (Å²) in [6.45, 7) is 9.69. The van der Waals surface area contributed by atoms with Gasteiger partial charge in [0.25, 0.3) is 5.91 Å². The summed E-state index contributed by atoms with van der Waals surface area (Å²) in [7, 11) is 0. The molecule has 3 N–H and O–H groups in total. The molecule has 1 fully saturated rings. The highest BCUT2D eigenvalue weighted by molar-refractivity contribution is 7.80. The third kappa shape index (κ3) is 6.15. The topological polar surface area (TPSA) is 93.6 Å². The van der Waals surface area contributed by atoms with Crippen molar-refractivity contribution in [1.29, 1.82) is 0 Å². The molecule has 9 heteroatoms. The van der Waals surface area contributed by atoms with E-state index in [-0.39, 0.29) is 29.7 Å². The highest BCUT2D eigenvalue weighted by Crippen LogP contribution is 2.34. The number of hydrogen-bond donors (Lipinski definition) is 3. The SMILES string of the molecule is CC(=S)N1CCC(Nc2cc(C(=O)NC[C@H](O)CN3CCc4ccccc4C3(C)C)ncn2)CC1. The third-order valence-corrected chi connectivity index (χ3v) is 7.50. The fourth-order valence-electron chi connectivity index (χ4n) is 5.09. The Labute approximate surface area is 213 Å². The van der Waals surface area contributed by atoms with Crippen molar-refractivity contribution >= 4 is 28.9 Å². The zero-order valence-electron chi connectivity index (χ0n) is 20.8. The van der Waals surface area contributed by atoms with Crippen LogP contribution in [0.25, 0.3) is 0 Å². The molecular formula is C26H36N6O2S. The average Bonchev–Trinajstić information content (AvgIpc) is 2.85. The molecule has 3 heterocycles. The molecule has 2 aliphatic rings. The van der Waals surface area contributed by atoms with Crippen LogP contribution in [0.4, 0.5) is 5.82 Å². The van der Waals surface area contributed by atoms with Crippen molar-refractivity contribution in [3.63, 3.8) is 0 Å². The number of β-amino-alcohol motifs (C(OH)–C–C–N with tert-alkyl or cyclic N) is 1. The van der Waals surface area contributed by atoms with E-state index in [1.807, 2.05) is 6.92 Å². The predicted octanol–water partition coefficient (Wildman–Crippen LogP) is 2.58. The Morgan fingerprint density at radius 2 is 1.97 bits per heavy atom. The number of rotatable bonds is 7. The second-order valence-corrected chi connectivity index (χ2v) is 10.6. The molecule has 1 amide bonds. The lowest BCUT2D eigenvalue weighted by Crippen LogP contribution is -2.51. The van der Waals surface area contributed by atoms with Crippen molar-refractivity contribution in [1.82, 2.24) is 25.1 Å². The molecule has 35 heavy (non-hydrogen) atoms. The van der Waals surface area contributed by atoms with E-state index in [0.29, 0.717) is 12.4 Å². The summed E-state index contributed by atoms with van der Waals surface area (Å²) >= 11 is 5.27. The molecule has 0 aliphatic carbocycles. The molecule has 188 valence electrons. The number of nitrogens with zero attached hydrogens (tertiary/aromatic N) is 4. The van der Waals surface area contributed by atoms with Crippen LogP contribution in [-0.2, 0) is 12.0 Å². The Morgan fingerprint density at radius 3 is 2.71 bits per heavy atom. The predicted molar refractivity (Wildman–Crippen MR) is 142 cm³/mol. The first-order valence-electron chi connectivity index (χ1n) is 12.4. The van der Waals surface area contributed by atoms with Gasteiger partial charge in [-0.2, -0.15) is 0 Å². The van der Waals surface area contributed by atoms with Gasteiger partial charge in [0.15, 0.2) is 0 Å². The smallest absolute Gasteiger partial charge is 0.270 e. The van der Waals surface area contributed by atoms with E-state index in [1.54, 1.807) is 6.07 Å². The first kappa shape index (κ1) is 25.5. The fourth-order valence-corrected chi connectivity index (χ4v) is 5.27. The molecule has 0 saturated carbocycles. The lowest BCUT2D eigenvalue weighted by Gasteiger charge is -2.44. The number of nitrogens with one attached hydrogen (secondary N) is 2. The van der Waals surface area contributed by atoms with Gasteiger partial charge in [0.2, 0.25) is 0 Å². The van der Waals surface area contributed by atoms with Crippen LogP contribution in [0.1, 0.15) is 55.2 Å². The molecule has 1 atom stereocenters. The van der Waals surface area contributed by atoms with Gasteiger partial charge in [-0.15, -0.1) is 0 Å². The summed E-state index contributed by atoms with van der Waals surface area (Å²) in [4.78, 5) is 26.6. The maximum absolute atomic E-state index is 12.7. The molecule has 2 aliphatic heterocycles. The van der Waals surface area contributed by atoms with E-state index in [1.165, 1.54) is 17.5 Å². The van der Waals surface area contributed by atoms with Gasteiger partial charge in [-0.05, 0) is 51.2 Å². The number of benzene rings is 1. The maximum Gasteiger partial charge on any atom is 0.270 e. The largest absolute Gasteiger partial charge is 0.390 e. The number of carbonyl (C=O) groups excluding carboxylic acids is 1. The zero-order valence-corrected chi connectivity index (χ0v) is 21.6. The van der Waals surface area contributed by atoms with Gasteiger partial charge in [-0.1, -0.05) is 36.5 Å². The van der Waals surface area contributed by atoms with E-state index in [9.17, 15) is 9.90 Å². The number of aliphatic hydroxyl groups is 1. The monoisotopic (exact) mass is 496 g/mol. The quantitative estimate of drug-likeness (QED) is 0.504. The van der Waals surface area contributed by atoms with Gasteiger partial charge in [0.1, 0.15) is 17.8 Å². The first-order valence-corrected chi connectivity index (χ1v) is 12.8. The van der Waals surface area contributed by atoms with Gasteiger partial charge < -0.3 is 20.6 Å². The minimum atomic E-state index is -0.683. The number of amides is 1. The van der Waals surface area contributed by atoms with Crippen LogP contribution in [-0.4, -0.2) is 80.6 Å². The summed E-state index contributed by atoms with van der Waals surface area (Å²) in [5, 5.41) is 16.9. The lowest BCUT2D eigenvalue weighted by atomic mass is 9.83. The van der Waals surface area contributed by atoms with Crippen molar-refractivity contribution in [2.75, 3.05) is 38.0 Å². The molecule has 1 aromatic heterocycles. The minimum Gasteiger partial charge on any atom is -0.390 e. The Hall–Kier alpha value is -2.62. The number of aromatic nitrogens is 2. The lowest BCUT2D eigenvalue weighted by molar-refractivity contribution is 0.0413. The van der Waals surface area contributed by atoms with Crippen LogP contribution in [0.3, 0.4) is 0 Å². The van der Waals surface area contributed by atoms with Gasteiger partial charge in [0, 0.05) is 50.4 Å². The normalized spacial score (nSPS) is 19.0. The van der Waals surface area contributed by atoms with E-state index < -0.39 is 6.10 Å². The number of thiocarbonyl (C=S) groups is 1. The average molecular weight is 497 g/mol. The molecule has 0 radical (unpaired) electrons. The molecule has 0 bridgehead atoms. The van der Waals surface area contributed by atoms with Crippen molar-refractivity contribution in [2.45, 2.75) is 57.7 Å². The highest BCUT2D eigenvalue weighted by Gasteiger charge is 2.35. The van der Waals surface area contributed by atoms with Crippen LogP contribution < -0.4 is 10.6 Å². The number of hydrogen-bond acceptors (Lipinski definition) is 7. The number of piperidine rings is 1. The van der Waals surface area contributed by atoms with Gasteiger partial charge >= 0.3 is 0 Å². The van der Waals surface area contributed by atoms with Crippen LogP contribution in [0.5, 0.6) is 0 Å². The first-order chi connectivity index (χ1) is 16.7. The van der Waals surface area contributed by atoms with E-state index in [4.69, 9.17) is 12.2 Å². The van der Waals surface area contributed by atoms with E-state index >= 15 is 0 Å². The minimum absolute atomic E-state index is 0.162. The molecule has 4 rings (SSSR count). The maximum atomic E-state index is 12.7. The van der Waals surface area contributed by atoms with Crippen molar-refractivity contribution in [3.8, 4) is 0 Å². The number of anilines is 1. The van der Waals surface area contributed by atoms with Crippen LogP contribution in [0.2, 0.25) is 0 Å². The zero-order chi connectivity index (χ0) is 25.0. The summed E-state index contributed by atoms with van der Waals surface area (Å²) in [6.07, 6.45) is 3.60. The van der Waals surface area contributed by atoms with Gasteiger partial charge in [-0.3, -0.25) is 9.69 Å². The summed E-state index contributed by atoms with van der Waals surface area (Å²) in [5.74, 6) is 0.320. The molecule has 2 aromatic rings. The second kappa shape index (κ2) is 11.0. The standard InChI is InChI=1S/C26H36N6O2S/c1-18(35)31-11-9-20(10-12-31)30-24-14-23(28-17-29-24)25(34)27-15-21(33)16-32-13-8-19-6-4-5-7-22(19)26(32,2)3/h4-7,14,17,20-21,33H,8-13,15-16H2,1-3H3,(H,27,34)(H,28,29,30)/t21-/m0/s1. The van der Waals surface area contributed by atoms with Crippen LogP contribution in [0.15, 0.2) is 36.7 Å². The van der Waals surface area contributed by atoms with Crippen molar-refractivity contribution < 1.29 is 9.90 Å². The Morgan fingerprint density at radius 1 is 1.23 bits per heavy atom. The Bertz CT molecular complexity index is 1050. The number of fused-ring (bicyclic) bond motifs is 1. The number of likely N-dealkylation sites (tertiary alicyclic amines) is 1. The highest BCUT2D eigenvalue weighted by atomic mass is 32.1. The summed E-state index contributed by atoms with van der Waals surface area (Å²) in [6, 6.07) is 10.4. The van der Waals surface area contributed by atoms with E-state index in [0.717, 1.165) is 43.9 Å². The molecule has 0 spiro atoms. The van der Waals surface area contributed by atoms with E-state index in [2.05, 4.69) is 68.5 Å². The van der Waals surface area contributed by atoms with Gasteiger partial charge in [0.05, 0.1) is 11.1 Å². The number of aliphatic hydroxyl groups excluding tert-OH is 1. The van der Waals surface area contributed by atoms with Crippen molar-refractivity contribution in [3.05, 3.63) is 53.5 Å². The summed E-state index contributed by atoms with van der Waals surface area (Å²) < 4.78 is 0. The molecule has 0 unspecified atom stereocenters. The Balaban J connectivity index is 1.28. The molecule has 8 nitrogen and oxygen atoms in total.